The van der Waals surface area contributed by atoms with E-state index in [1.54, 1.807) is 6.07 Å². The Balaban J connectivity index is 2.15. The lowest BCUT2D eigenvalue weighted by atomic mass is 10.1. The molecular formula is C14H11ClFN3O2. The third-order valence-corrected chi connectivity index (χ3v) is 3.81. The molecule has 1 atom stereocenters. The third kappa shape index (κ3) is 2.31. The molecule has 3 rings (SSSR count). The molecule has 108 valence electrons. The Morgan fingerprint density at radius 2 is 2.19 bits per heavy atom. The van der Waals surface area contributed by atoms with Crippen LogP contribution in [0.25, 0.3) is 0 Å². The van der Waals surface area contributed by atoms with E-state index in [1.165, 1.54) is 22.9 Å². The van der Waals surface area contributed by atoms with E-state index in [-0.39, 0.29) is 22.1 Å². The summed E-state index contributed by atoms with van der Waals surface area (Å²) in [6, 6.07) is 4.93. The maximum Gasteiger partial charge on any atom is 0.269 e. The van der Waals surface area contributed by atoms with Crippen LogP contribution in [0.4, 0.5) is 4.39 Å². The lowest BCUT2D eigenvalue weighted by Gasteiger charge is -2.14. The van der Waals surface area contributed by atoms with Crippen LogP contribution in [0.15, 0.2) is 29.1 Å². The number of benzene rings is 1. The van der Waals surface area contributed by atoms with Crippen molar-refractivity contribution in [3.63, 3.8) is 0 Å². The highest BCUT2D eigenvalue weighted by Crippen LogP contribution is 2.36. The summed E-state index contributed by atoms with van der Waals surface area (Å²) in [6.07, 6.45) is 1.000. The number of hydrogen-bond acceptors (Lipinski definition) is 3. The fourth-order valence-electron chi connectivity index (χ4n) is 2.66. The Bertz CT molecular complexity index is 803. The topological polar surface area (TPSA) is 78.0 Å². The minimum Gasteiger partial charge on any atom is -0.364 e. The van der Waals surface area contributed by atoms with Crippen LogP contribution in [0, 0.1) is 5.82 Å². The number of halogens is 2. The predicted molar refractivity (Wildman–Crippen MR) is 74.9 cm³/mol. The van der Waals surface area contributed by atoms with E-state index in [9.17, 15) is 14.0 Å². The van der Waals surface area contributed by atoms with Crippen LogP contribution >= 0.6 is 11.6 Å². The van der Waals surface area contributed by atoms with Crippen LogP contribution in [-0.4, -0.2) is 15.7 Å². The van der Waals surface area contributed by atoms with Gasteiger partial charge in [0.2, 0.25) is 0 Å². The summed E-state index contributed by atoms with van der Waals surface area (Å²) in [5.74, 6) is -1.11. The molecule has 0 saturated heterocycles. The van der Waals surface area contributed by atoms with Gasteiger partial charge in [-0.25, -0.2) is 9.07 Å². The van der Waals surface area contributed by atoms with E-state index in [0.717, 1.165) is 0 Å². The van der Waals surface area contributed by atoms with Crippen molar-refractivity contribution < 1.29 is 9.18 Å². The van der Waals surface area contributed by atoms with Crippen molar-refractivity contribution in [3.05, 3.63) is 62.3 Å². The number of carbonyl (C=O) groups excluding carboxylic acids is 1. The summed E-state index contributed by atoms with van der Waals surface area (Å²) in [6.45, 7) is 0. The summed E-state index contributed by atoms with van der Waals surface area (Å²) in [4.78, 5) is 23.2. The molecule has 1 amide bonds. The molecule has 1 aromatic heterocycles. The van der Waals surface area contributed by atoms with Gasteiger partial charge in [0.05, 0.1) is 6.04 Å². The number of amides is 1. The van der Waals surface area contributed by atoms with Crippen molar-refractivity contribution in [2.45, 2.75) is 18.9 Å². The average molecular weight is 308 g/mol. The maximum atomic E-state index is 13.9. The maximum absolute atomic E-state index is 13.9. The normalized spacial score (nSPS) is 16.8. The summed E-state index contributed by atoms with van der Waals surface area (Å²) in [5.41, 5.74) is 5.94. The van der Waals surface area contributed by atoms with Crippen LogP contribution in [0.2, 0.25) is 5.02 Å². The van der Waals surface area contributed by atoms with E-state index < -0.39 is 11.9 Å². The fraction of sp³-hybridized carbons (Fsp3) is 0.214. The zero-order valence-corrected chi connectivity index (χ0v) is 11.6. The average Bonchev–Trinajstić information content (AvgIpc) is 2.82. The van der Waals surface area contributed by atoms with E-state index in [1.807, 2.05) is 0 Å². The number of aromatic nitrogens is 2. The molecule has 1 aromatic carbocycles. The molecule has 0 spiro atoms. The van der Waals surface area contributed by atoms with Crippen LogP contribution in [0.1, 0.15) is 34.1 Å². The van der Waals surface area contributed by atoms with Crippen molar-refractivity contribution in [1.82, 2.24) is 9.78 Å². The van der Waals surface area contributed by atoms with Crippen molar-refractivity contribution in [2.75, 3.05) is 0 Å². The van der Waals surface area contributed by atoms with Gasteiger partial charge in [-0.15, -0.1) is 0 Å². The standard InChI is InChI=1S/C14H11ClFN3O2/c15-7-5-9-8(10(16)6-7)1-3-12(9)19-13(20)4-2-11(18-19)14(17)21/h2,4-6,12H,1,3H2,(H2,17,21)/t12-/m1/s1. The number of fused-ring (bicyclic) bond motifs is 1. The van der Waals surface area contributed by atoms with Gasteiger partial charge in [0.1, 0.15) is 11.5 Å². The largest absolute Gasteiger partial charge is 0.364 e. The van der Waals surface area contributed by atoms with Gasteiger partial charge in [-0.2, -0.15) is 5.10 Å². The Labute approximate surface area is 124 Å². The molecule has 1 heterocycles. The lowest BCUT2D eigenvalue weighted by Crippen LogP contribution is -2.29. The quantitative estimate of drug-likeness (QED) is 0.916. The Morgan fingerprint density at radius 1 is 1.43 bits per heavy atom. The summed E-state index contributed by atoms with van der Waals surface area (Å²) >= 11 is 5.88. The van der Waals surface area contributed by atoms with Gasteiger partial charge >= 0.3 is 0 Å². The van der Waals surface area contributed by atoms with Crippen LogP contribution in [-0.2, 0) is 6.42 Å². The van der Waals surface area contributed by atoms with Crippen LogP contribution in [0.5, 0.6) is 0 Å². The van der Waals surface area contributed by atoms with E-state index in [0.29, 0.717) is 24.0 Å². The molecule has 1 aliphatic rings. The van der Waals surface area contributed by atoms with Gasteiger partial charge in [0, 0.05) is 11.1 Å². The van der Waals surface area contributed by atoms with Crippen molar-refractivity contribution in [3.8, 4) is 0 Å². The third-order valence-electron chi connectivity index (χ3n) is 3.59. The van der Waals surface area contributed by atoms with Gasteiger partial charge < -0.3 is 5.73 Å². The molecule has 0 aliphatic heterocycles. The Kier molecular flexibility index (Phi) is 3.25. The fourth-order valence-corrected chi connectivity index (χ4v) is 2.87. The molecule has 1 aliphatic carbocycles. The second-order valence-electron chi connectivity index (χ2n) is 4.88. The molecule has 21 heavy (non-hydrogen) atoms. The zero-order valence-electron chi connectivity index (χ0n) is 10.8. The highest BCUT2D eigenvalue weighted by Gasteiger charge is 2.28. The number of nitrogens with zero attached hydrogens (tertiary/aromatic N) is 2. The molecule has 2 N–H and O–H groups in total. The van der Waals surface area contributed by atoms with Crippen LogP contribution in [0.3, 0.4) is 0 Å². The van der Waals surface area contributed by atoms with E-state index in [2.05, 4.69) is 5.10 Å². The summed E-state index contributed by atoms with van der Waals surface area (Å²) in [7, 11) is 0. The Morgan fingerprint density at radius 3 is 2.90 bits per heavy atom. The number of rotatable bonds is 2. The zero-order chi connectivity index (χ0) is 15.1. The van der Waals surface area contributed by atoms with Gasteiger partial charge in [-0.05, 0) is 42.2 Å². The van der Waals surface area contributed by atoms with E-state index in [4.69, 9.17) is 17.3 Å². The second-order valence-corrected chi connectivity index (χ2v) is 5.31. The molecule has 0 fully saturated rings. The highest BCUT2D eigenvalue weighted by atomic mass is 35.5. The van der Waals surface area contributed by atoms with Gasteiger partial charge in [-0.3, -0.25) is 9.59 Å². The highest BCUT2D eigenvalue weighted by molar-refractivity contribution is 6.30. The smallest absolute Gasteiger partial charge is 0.269 e. The first-order valence-electron chi connectivity index (χ1n) is 6.35. The monoisotopic (exact) mass is 307 g/mol. The molecule has 7 heteroatoms. The van der Waals surface area contributed by atoms with Crippen molar-refractivity contribution in [1.29, 1.82) is 0 Å². The lowest BCUT2D eigenvalue weighted by molar-refractivity contribution is 0.0992. The first-order valence-corrected chi connectivity index (χ1v) is 6.72. The molecule has 0 unspecified atom stereocenters. The second kappa shape index (κ2) is 4.96. The van der Waals surface area contributed by atoms with Crippen molar-refractivity contribution in [2.24, 2.45) is 5.73 Å². The summed E-state index contributed by atoms with van der Waals surface area (Å²) < 4.78 is 15.1. The molecule has 2 aromatic rings. The van der Waals surface area contributed by atoms with E-state index >= 15 is 0 Å². The molecular weight excluding hydrogens is 297 g/mol. The molecule has 0 saturated carbocycles. The molecule has 5 nitrogen and oxygen atoms in total. The van der Waals surface area contributed by atoms with Gasteiger partial charge in [0.25, 0.3) is 11.5 Å². The van der Waals surface area contributed by atoms with Crippen molar-refractivity contribution >= 4 is 17.5 Å². The number of carbonyl (C=O) groups is 1. The first-order chi connectivity index (χ1) is 9.97. The van der Waals surface area contributed by atoms with Crippen LogP contribution < -0.4 is 11.3 Å². The minimum absolute atomic E-state index is 0.00875. The number of hydrogen-bond donors (Lipinski definition) is 1. The van der Waals surface area contributed by atoms with Gasteiger partial charge in [0.15, 0.2) is 0 Å². The number of nitrogens with two attached hydrogens (primary N) is 1. The minimum atomic E-state index is -0.723. The SMILES string of the molecule is NC(=O)c1ccc(=O)n([C@@H]2CCc3c(F)cc(Cl)cc32)n1. The molecule has 0 bridgehead atoms. The Hall–Kier alpha value is -2.21. The predicted octanol–water partition coefficient (Wildman–Crippen LogP) is 1.67. The first kappa shape index (κ1) is 13.8. The summed E-state index contributed by atoms with van der Waals surface area (Å²) in [5, 5.41) is 4.24. The van der Waals surface area contributed by atoms with Gasteiger partial charge in [-0.1, -0.05) is 11.6 Å². The molecule has 0 radical (unpaired) electrons. The number of primary amides is 1.